The van der Waals surface area contributed by atoms with E-state index in [0.717, 1.165) is 47.2 Å². The molecule has 0 amide bonds. The smallest absolute Gasteiger partial charge is 0.419 e. The van der Waals surface area contributed by atoms with Crippen LogP contribution < -0.4 is 4.74 Å². The highest BCUT2D eigenvalue weighted by atomic mass is 19.4. The molecule has 0 aliphatic carbocycles. The fourth-order valence-corrected chi connectivity index (χ4v) is 4.01. The summed E-state index contributed by atoms with van der Waals surface area (Å²) in [6.07, 6.45) is -2.20. The maximum atomic E-state index is 15.2. The molecule has 4 aromatic carbocycles. The van der Waals surface area contributed by atoms with Crippen LogP contribution in [0.3, 0.4) is 0 Å². The highest BCUT2D eigenvalue weighted by Crippen LogP contribution is 2.32. The molecule has 0 aliphatic heterocycles. The van der Waals surface area contributed by atoms with Crippen LogP contribution in [0.5, 0.6) is 5.75 Å². The fraction of sp³-hybridized carbons (Fsp3) is 0.241. The predicted octanol–water partition coefficient (Wildman–Crippen LogP) is 8.77. The number of halogens is 5. The summed E-state index contributed by atoms with van der Waals surface area (Å²) in [5.41, 5.74) is 1.45. The molecular weight excluding hydrogens is 459 g/mol. The first kappa shape index (κ1) is 24.7. The summed E-state index contributed by atoms with van der Waals surface area (Å²) in [7, 11) is 0. The van der Waals surface area contributed by atoms with Crippen LogP contribution in [0.25, 0.3) is 21.9 Å². The molecule has 0 fully saturated rings. The van der Waals surface area contributed by atoms with Crippen molar-refractivity contribution < 1.29 is 26.7 Å². The van der Waals surface area contributed by atoms with E-state index in [1.165, 1.54) is 6.07 Å². The molecule has 0 atom stereocenters. The Bertz CT molecular complexity index is 1310. The number of unbranched alkanes of at least 4 members (excludes halogenated alkanes) is 1. The molecule has 0 aliphatic rings. The summed E-state index contributed by atoms with van der Waals surface area (Å²) in [5.74, 6) is -0.880. The molecule has 0 bridgehead atoms. The second-order valence-corrected chi connectivity index (χ2v) is 8.51. The van der Waals surface area contributed by atoms with Crippen molar-refractivity contribution in [1.82, 2.24) is 0 Å². The highest BCUT2D eigenvalue weighted by Gasteiger charge is 2.33. The summed E-state index contributed by atoms with van der Waals surface area (Å²) in [5, 5.41) is 1.21. The van der Waals surface area contributed by atoms with Gasteiger partial charge in [-0.3, -0.25) is 0 Å². The molecule has 0 spiro atoms. The van der Waals surface area contributed by atoms with Crippen LogP contribution in [0, 0.1) is 11.6 Å². The van der Waals surface area contributed by atoms with Crippen LogP contribution in [-0.4, -0.2) is 6.61 Å². The van der Waals surface area contributed by atoms with E-state index in [4.69, 9.17) is 4.74 Å². The van der Waals surface area contributed by atoms with Gasteiger partial charge in [0, 0.05) is 5.39 Å². The Balaban J connectivity index is 1.49. The van der Waals surface area contributed by atoms with Crippen molar-refractivity contribution in [2.75, 3.05) is 6.61 Å². The van der Waals surface area contributed by atoms with Crippen molar-refractivity contribution >= 4 is 10.8 Å². The highest BCUT2D eigenvalue weighted by molar-refractivity contribution is 5.88. The van der Waals surface area contributed by atoms with E-state index in [2.05, 4.69) is 6.92 Å². The number of hydrogen-bond donors (Lipinski definition) is 0. The van der Waals surface area contributed by atoms with E-state index in [-0.39, 0.29) is 18.7 Å². The van der Waals surface area contributed by atoms with Gasteiger partial charge in [-0.1, -0.05) is 55.8 Å². The van der Waals surface area contributed by atoms with Crippen molar-refractivity contribution in [3.8, 4) is 16.9 Å². The normalized spacial score (nSPS) is 11.7. The molecular formula is C29H25F5O. The third kappa shape index (κ3) is 5.81. The standard InChI is InChI=1S/C29H25F5O/c1-2-3-16-35-24-12-9-20(10-13-24)22-11-14-25-23(18-22)8-7-21(28(25)31)6-4-19-5-15-26(27(30)17-19)29(32,33)34/h5,7-15,17-18H,2-4,6,16H2,1H3. The molecule has 0 unspecified atom stereocenters. The molecule has 0 saturated carbocycles. The van der Waals surface area contributed by atoms with Gasteiger partial charge in [0.15, 0.2) is 0 Å². The number of benzene rings is 4. The predicted molar refractivity (Wildman–Crippen MR) is 129 cm³/mol. The first-order valence-corrected chi connectivity index (χ1v) is 11.6. The lowest BCUT2D eigenvalue weighted by molar-refractivity contribution is -0.140. The quantitative estimate of drug-likeness (QED) is 0.179. The average molecular weight is 485 g/mol. The van der Waals surface area contributed by atoms with Crippen LogP contribution >= 0.6 is 0 Å². The summed E-state index contributed by atoms with van der Waals surface area (Å²) >= 11 is 0. The van der Waals surface area contributed by atoms with E-state index < -0.39 is 17.6 Å². The fourth-order valence-electron chi connectivity index (χ4n) is 4.01. The van der Waals surface area contributed by atoms with E-state index >= 15 is 4.39 Å². The van der Waals surface area contributed by atoms with Gasteiger partial charge in [-0.25, -0.2) is 8.78 Å². The van der Waals surface area contributed by atoms with E-state index in [1.807, 2.05) is 42.5 Å². The van der Waals surface area contributed by atoms with E-state index in [9.17, 15) is 17.6 Å². The van der Waals surface area contributed by atoms with Gasteiger partial charge in [0.25, 0.3) is 0 Å². The second kappa shape index (κ2) is 10.5. The number of ether oxygens (including phenoxy) is 1. The molecule has 35 heavy (non-hydrogen) atoms. The monoisotopic (exact) mass is 484 g/mol. The van der Waals surface area contributed by atoms with Gasteiger partial charge in [0.1, 0.15) is 17.4 Å². The summed E-state index contributed by atoms with van der Waals surface area (Å²) in [4.78, 5) is 0. The molecule has 4 rings (SSSR count). The third-order valence-corrected chi connectivity index (χ3v) is 6.01. The molecule has 0 radical (unpaired) electrons. The summed E-state index contributed by atoms with van der Waals surface area (Å²) in [6.45, 7) is 2.79. The van der Waals surface area contributed by atoms with Crippen LogP contribution in [0.15, 0.2) is 72.8 Å². The zero-order valence-corrected chi connectivity index (χ0v) is 19.3. The minimum Gasteiger partial charge on any atom is -0.494 e. The minimum atomic E-state index is -4.74. The van der Waals surface area contributed by atoms with Crippen LogP contribution in [-0.2, 0) is 19.0 Å². The van der Waals surface area contributed by atoms with Crippen LogP contribution in [0.1, 0.15) is 36.5 Å². The molecule has 1 nitrogen and oxygen atoms in total. The first-order valence-electron chi connectivity index (χ1n) is 11.6. The van der Waals surface area contributed by atoms with Gasteiger partial charge in [-0.15, -0.1) is 0 Å². The molecule has 182 valence electrons. The van der Waals surface area contributed by atoms with Gasteiger partial charge >= 0.3 is 6.18 Å². The van der Waals surface area contributed by atoms with Gasteiger partial charge < -0.3 is 4.74 Å². The van der Waals surface area contributed by atoms with Crippen LogP contribution in [0.2, 0.25) is 0 Å². The average Bonchev–Trinajstić information content (AvgIpc) is 2.83. The number of rotatable bonds is 8. The van der Waals surface area contributed by atoms with Crippen molar-refractivity contribution in [2.45, 2.75) is 38.8 Å². The summed E-state index contributed by atoms with van der Waals surface area (Å²) < 4.78 is 72.9. The van der Waals surface area contributed by atoms with Gasteiger partial charge in [-0.2, -0.15) is 13.2 Å². The van der Waals surface area contributed by atoms with E-state index in [0.29, 0.717) is 23.1 Å². The zero-order chi connectivity index (χ0) is 25.0. The largest absolute Gasteiger partial charge is 0.494 e. The Hall–Kier alpha value is -3.41. The zero-order valence-electron chi connectivity index (χ0n) is 19.3. The SMILES string of the molecule is CCCCOc1ccc(-c2ccc3c(F)c(CCc4ccc(C(F)(F)F)c(F)c4)ccc3c2)cc1. The Morgan fingerprint density at radius 3 is 2.20 bits per heavy atom. The number of aryl methyl sites for hydroxylation is 2. The lowest BCUT2D eigenvalue weighted by Gasteiger charge is -2.11. The summed E-state index contributed by atoms with van der Waals surface area (Å²) in [6, 6.07) is 19.6. The van der Waals surface area contributed by atoms with Gasteiger partial charge in [0.05, 0.1) is 12.2 Å². The van der Waals surface area contributed by atoms with Crippen molar-refractivity contribution in [3.05, 3.63) is 101 Å². The molecule has 0 saturated heterocycles. The van der Waals surface area contributed by atoms with E-state index in [1.54, 1.807) is 12.1 Å². The minimum absolute atomic E-state index is 0.224. The Morgan fingerprint density at radius 2 is 1.51 bits per heavy atom. The molecule has 6 heteroatoms. The van der Waals surface area contributed by atoms with Crippen molar-refractivity contribution in [1.29, 1.82) is 0 Å². The lowest BCUT2D eigenvalue weighted by atomic mass is 9.97. The van der Waals surface area contributed by atoms with Gasteiger partial charge in [0.2, 0.25) is 0 Å². The van der Waals surface area contributed by atoms with Gasteiger partial charge in [-0.05, 0) is 77.2 Å². The molecule has 0 N–H and O–H groups in total. The molecule has 0 heterocycles. The number of fused-ring (bicyclic) bond motifs is 1. The van der Waals surface area contributed by atoms with Crippen LogP contribution in [0.4, 0.5) is 22.0 Å². The van der Waals surface area contributed by atoms with Crippen molar-refractivity contribution in [2.24, 2.45) is 0 Å². The third-order valence-electron chi connectivity index (χ3n) is 6.01. The molecule has 0 aromatic heterocycles. The maximum Gasteiger partial charge on any atom is 0.419 e. The first-order chi connectivity index (χ1) is 16.8. The second-order valence-electron chi connectivity index (χ2n) is 8.51. The molecule has 4 aromatic rings. The lowest BCUT2D eigenvalue weighted by Crippen LogP contribution is -2.08. The Morgan fingerprint density at radius 1 is 0.771 bits per heavy atom. The number of alkyl halides is 3. The Kier molecular flexibility index (Phi) is 7.39. The Labute approximate surface area is 201 Å². The maximum absolute atomic E-state index is 15.2. The van der Waals surface area contributed by atoms with Crippen molar-refractivity contribution in [3.63, 3.8) is 0 Å². The number of hydrogen-bond acceptors (Lipinski definition) is 1. The topological polar surface area (TPSA) is 9.23 Å².